The summed E-state index contributed by atoms with van der Waals surface area (Å²) < 4.78 is 5.62. The molecule has 0 aliphatic heterocycles. The van der Waals surface area contributed by atoms with Gasteiger partial charge in [0.15, 0.2) is 0 Å². The van der Waals surface area contributed by atoms with E-state index in [-0.39, 0.29) is 6.10 Å². The Morgan fingerprint density at radius 2 is 2.00 bits per heavy atom. The lowest BCUT2D eigenvalue weighted by Crippen LogP contribution is -2.09. The first-order chi connectivity index (χ1) is 7.17. The molecule has 0 radical (unpaired) electrons. The first-order valence-corrected chi connectivity index (χ1v) is 5.24. The molecule has 2 nitrogen and oxygen atoms in total. The van der Waals surface area contributed by atoms with Gasteiger partial charge in [-0.2, -0.15) is 0 Å². The van der Waals surface area contributed by atoms with Gasteiger partial charge in [-0.25, -0.2) is 0 Å². The molecular formula is C13H18O2. The Hall–Kier alpha value is -1.28. The van der Waals surface area contributed by atoms with Crippen molar-refractivity contribution in [3.63, 3.8) is 0 Å². The number of aliphatic hydroxyl groups is 1. The lowest BCUT2D eigenvalue weighted by molar-refractivity contribution is 0.216. The molecule has 0 aliphatic carbocycles. The molecule has 2 unspecified atom stereocenters. The fourth-order valence-electron chi connectivity index (χ4n) is 1.20. The highest BCUT2D eigenvalue weighted by Gasteiger charge is 2.04. The van der Waals surface area contributed by atoms with Crippen LogP contribution in [0.1, 0.15) is 31.9 Å². The van der Waals surface area contributed by atoms with Crippen LogP contribution in [0.5, 0.6) is 5.75 Å². The zero-order valence-electron chi connectivity index (χ0n) is 9.31. The van der Waals surface area contributed by atoms with Crippen molar-refractivity contribution in [2.75, 3.05) is 0 Å². The van der Waals surface area contributed by atoms with Gasteiger partial charge in [-0.3, -0.25) is 0 Å². The van der Waals surface area contributed by atoms with Crippen LogP contribution in [0, 0.1) is 0 Å². The van der Waals surface area contributed by atoms with Crippen molar-refractivity contribution in [1.29, 1.82) is 0 Å². The number of ether oxygens (including phenoxy) is 1. The van der Waals surface area contributed by atoms with E-state index >= 15 is 0 Å². The second kappa shape index (κ2) is 5.56. The molecular weight excluding hydrogens is 188 g/mol. The molecule has 0 bridgehead atoms. The van der Waals surface area contributed by atoms with Gasteiger partial charge in [-0.15, -0.1) is 6.58 Å². The van der Waals surface area contributed by atoms with Gasteiger partial charge in [0.25, 0.3) is 0 Å². The number of aliphatic hydroxyl groups excluding tert-OH is 1. The first kappa shape index (κ1) is 11.8. The normalized spacial score (nSPS) is 14.3. The van der Waals surface area contributed by atoms with Crippen LogP contribution >= 0.6 is 0 Å². The van der Waals surface area contributed by atoms with Gasteiger partial charge in [0.05, 0.1) is 12.2 Å². The van der Waals surface area contributed by atoms with Crippen LogP contribution in [0.4, 0.5) is 0 Å². The zero-order chi connectivity index (χ0) is 11.3. The Morgan fingerprint density at radius 3 is 2.47 bits per heavy atom. The molecule has 1 aromatic rings. The molecule has 2 heteroatoms. The van der Waals surface area contributed by atoms with Crippen molar-refractivity contribution in [3.8, 4) is 5.75 Å². The fraction of sp³-hybridized carbons (Fsp3) is 0.385. The summed E-state index contributed by atoms with van der Waals surface area (Å²) in [5.74, 6) is 0.837. The van der Waals surface area contributed by atoms with E-state index in [1.54, 1.807) is 0 Å². The molecule has 0 spiro atoms. The Labute approximate surface area is 91.2 Å². The van der Waals surface area contributed by atoms with E-state index in [9.17, 15) is 5.11 Å². The minimum atomic E-state index is -0.595. The molecule has 15 heavy (non-hydrogen) atoms. The Morgan fingerprint density at radius 1 is 1.40 bits per heavy atom. The Kier molecular flexibility index (Phi) is 4.37. The summed E-state index contributed by atoms with van der Waals surface area (Å²) in [6.45, 7) is 7.66. The topological polar surface area (TPSA) is 29.5 Å². The summed E-state index contributed by atoms with van der Waals surface area (Å²) in [5.41, 5.74) is 0.835. The number of hydrogen-bond donors (Lipinski definition) is 1. The highest BCUT2D eigenvalue weighted by molar-refractivity contribution is 5.29. The van der Waals surface area contributed by atoms with Gasteiger partial charge in [-0.05, 0) is 31.0 Å². The fourth-order valence-corrected chi connectivity index (χ4v) is 1.20. The summed E-state index contributed by atoms with van der Waals surface area (Å²) in [5, 5.41) is 9.49. The van der Waals surface area contributed by atoms with Crippen molar-refractivity contribution in [1.82, 2.24) is 0 Å². The van der Waals surface area contributed by atoms with Gasteiger partial charge in [0.2, 0.25) is 0 Å². The first-order valence-electron chi connectivity index (χ1n) is 5.24. The van der Waals surface area contributed by atoms with E-state index in [2.05, 4.69) is 13.5 Å². The molecule has 0 aliphatic rings. The van der Waals surface area contributed by atoms with Crippen molar-refractivity contribution >= 4 is 0 Å². The lowest BCUT2D eigenvalue weighted by atomic mass is 10.1. The minimum Gasteiger partial charge on any atom is -0.491 e. The van der Waals surface area contributed by atoms with Crippen LogP contribution < -0.4 is 4.74 Å². The maximum Gasteiger partial charge on any atom is 0.119 e. The second-order valence-corrected chi connectivity index (χ2v) is 3.59. The van der Waals surface area contributed by atoms with Crippen LogP contribution in [0.25, 0.3) is 0 Å². The number of benzene rings is 1. The van der Waals surface area contributed by atoms with E-state index in [1.807, 2.05) is 31.2 Å². The summed E-state index contributed by atoms with van der Waals surface area (Å²) in [7, 11) is 0. The molecule has 1 N–H and O–H groups in total. The third-order valence-electron chi connectivity index (χ3n) is 2.36. The molecule has 0 saturated carbocycles. The average molecular weight is 206 g/mol. The second-order valence-electron chi connectivity index (χ2n) is 3.59. The van der Waals surface area contributed by atoms with Crippen molar-refractivity contribution in [3.05, 3.63) is 42.5 Å². The Bertz CT molecular complexity index is 303. The summed E-state index contributed by atoms with van der Waals surface area (Å²) in [4.78, 5) is 0. The molecule has 82 valence electrons. The van der Waals surface area contributed by atoms with Crippen LogP contribution in [0.2, 0.25) is 0 Å². The minimum absolute atomic E-state index is 0.222. The number of rotatable bonds is 5. The van der Waals surface area contributed by atoms with Crippen molar-refractivity contribution in [2.24, 2.45) is 0 Å². The van der Waals surface area contributed by atoms with E-state index in [0.29, 0.717) is 0 Å². The lowest BCUT2D eigenvalue weighted by Gasteiger charge is -2.13. The highest BCUT2D eigenvalue weighted by Crippen LogP contribution is 2.19. The van der Waals surface area contributed by atoms with Crippen LogP contribution in [0.15, 0.2) is 36.9 Å². The average Bonchev–Trinajstić information content (AvgIpc) is 2.29. The predicted octanol–water partition coefficient (Wildman–Crippen LogP) is 3.08. The molecule has 1 rings (SSSR count). The van der Waals surface area contributed by atoms with Crippen molar-refractivity contribution < 1.29 is 9.84 Å². The third kappa shape index (κ3) is 3.40. The Balaban J connectivity index is 2.68. The third-order valence-corrected chi connectivity index (χ3v) is 2.36. The smallest absolute Gasteiger partial charge is 0.119 e. The van der Waals surface area contributed by atoms with Gasteiger partial charge in [0.1, 0.15) is 5.75 Å². The van der Waals surface area contributed by atoms with Gasteiger partial charge >= 0.3 is 0 Å². The zero-order valence-corrected chi connectivity index (χ0v) is 9.31. The van der Waals surface area contributed by atoms with Crippen molar-refractivity contribution in [2.45, 2.75) is 32.5 Å². The van der Waals surface area contributed by atoms with Crippen LogP contribution in [0.3, 0.4) is 0 Å². The van der Waals surface area contributed by atoms with Gasteiger partial charge in [-0.1, -0.05) is 25.1 Å². The molecule has 0 saturated heterocycles. The molecule has 0 amide bonds. The predicted molar refractivity (Wildman–Crippen MR) is 62.0 cm³/mol. The summed E-state index contributed by atoms with van der Waals surface area (Å²) >= 11 is 0. The number of hydrogen-bond acceptors (Lipinski definition) is 2. The highest BCUT2D eigenvalue weighted by atomic mass is 16.5. The maximum atomic E-state index is 9.49. The van der Waals surface area contributed by atoms with Gasteiger partial charge in [0, 0.05) is 0 Å². The standard InChI is InChI=1S/C13H18O2/c1-4-10(3)15-12-8-6-11(7-9-12)13(14)5-2/h5-10,13-14H,2,4H2,1,3H3. The molecule has 1 aromatic carbocycles. The SMILES string of the molecule is C=CC(O)c1ccc(OC(C)CC)cc1. The molecule has 2 atom stereocenters. The van der Waals surface area contributed by atoms with Crippen LogP contribution in [-0.2, 0) is 0 Å². The summed E-state index contributed by atoms with van der Waals surface area (Å²) in [6.07, 6.45) is 2.12. The van der Waals surface area contributed by atoms with E-state index in [4.69, 9.17) is 4.74 Å². The quantitative estimate of drug-likeness (QED) is 0.750. The van der Waals surface area contributed by atoms with E-state index in [1.165, 1.54) is 6.08 Å². The molecule has 0 heterocycles. The monoisotopic (exact) mass is 206 g/mol. The van der Waals surface area contributed by atoms with Gasteiger partial charge < -0.3 is 9.84 Å². The van der Waals surface area contributed by atoms with Crippen LogP contribution in [-0.4, -0.2) is 11.2 Å². The molecule has 0 fully saturated rings. The van der Waals surface area contributed by atoms with E-state index in [0.717, 1.165) is 17.7 Å². The van der Waals surface area contributed by atoms with E-state index < -0.39 is 6.10 Å². The summed E-state index contributed by atoms with van der Waals surface area (Å²) in [6, 6.07) is 7.44. The largest absolute Gasteiger partial charge is 0.491 e. The maximum absolute atomic E-state index is 9.49. The molecule has 0 aromatic heterocycles.